The van der Waals surface area contributed by atoms with E-state index in [0.717, 1.165) is 31.2 Å². The van der Waals surface area contributed by atoms with Crippen molar-refractivity contribution in [2.24, 2.45) is 5.92 Å². The summed E-state index contributed by atoms with van der Waals surface area (Å²) in [6.45, 7) is 4.10. The molecule has 0 saturated heterocycles. The van der Waals surface area contributed by atoms with Gasteiger partial charge >= 0.3 is 0 Å². The lowest BCUT2D eigenvalue weighted by Crippen LogP contribution is -2.53. The highest BCUT2D eigenvalue weighted by Crippen LogP contribution is 2.32. The first kappa shape index (κ1) is 15.8. The quantitative estimate of drug-likeness (QED) is 0.896. The average molecular weight is 291 g/mol. The van der Waals surface area contributed by atoms with Gasteiger partial charge in [0.15, 0.2) is 0 Å². The van der Waals surface area contributed by atoms with Crippen molar-refractivity contribution in [2.75, 3.05) is 13.7 Å². The standard InChI is InChI=1S/C17H25NO3/c1-12-6-7-15(21-3)14(9-12)16(20)18-17(11-19)8-4-5-13(2)10-17/h6-7,9,13,19H,4-5,8,10-11H2,1-3H3,(H,18,20). The van der Waals surface area contributed by atoms with E-state index in [1.165, 1.54) is 0 Å². The van der Waals surface area contributed by atoms with E-state index in [2.05, 4.69) is 12.2 Å². The van der Waals surface area contributed by atoms with Gasteiger partial charge in [0.05, 0.1) is 24.8 Å². The van der Waals surface area contributed by atoms with Crippen LogP contribution in [-0.4, -0.2) is 30.3 Å². The lowest BCUT2D eigenvalue weighted by atomic mass is 9.76. The maximum atomic E-state index is 12.6. The molecular weight excluding hydrogens is 266 g/mol. The molecule has 2 atom stereocenters. The first-order chi connectivity index (χ1) is 9.99. The summed E-state index contributed by atoms with van der Waals surface area (Å²) in [6, 6.07) is 5.55. The van der Waals surface area contributed by atoms with Crippen LogP contribution in [0.2, 0.25) is 0 Å². The van der Waals surface area contributed by atoms with Crippen molar-refractivity contribution in [3.05, 3.63) is 29.3 Å². The van der Waals surface area contributed by atoms with Crippen molar-refractivity contribution in [1.82, 2.24) is 5.32 Å². The number of methoxy groups -OCH3 is 1. The zero-order valence-corrected chi connectivity index (χ0v) is 13.1. The summed E-state index contributed by atoms with van der Waals surface area (Å²) in [6.07, 6.45) is 3.84. The molecule has 116 valence electrons. The minimum absolute atomic E-state index is 0.0167. The Labute approximate surface area is 126 Å². The number of hydrogen-bond acceptors (Lipinski definition) is 3. The summed E-state index contributed by atoms with van der Waals surface area (Å²) in [5.74, 6) is 0.916. The summed E-state index contributed by atoms with van der Waals surface area (Å²) in [4.78, 5) is 12.6. The number of aliphatic hydroxyl groups excluding tert-OH is 1. The van der Waals surface area contributed by atoms with Crippen LogP contribution in [0.5, 0.6) is 5.75 Å². The molecule has 0 heterocycles. The second kappa shape index (κ2) is 6.48. The number of aryl methyl sites for hydroxylation is 1. The third kappa shape index (κ3) is 3.56. The normalized spacial score (nSPS) is 25.4. The molecule has 2 N–H and O–H groups in total. The van der Waals surface area contributed by atoms with Gasteiger partial charge in [0.1, 0.15) is 5.75 Å². The molecule has 2 rings (SSSR count). The minimum atomic E-state index is -0.497. The molecule has 1 aliphatic rings. The van der Waals surface area contributed by atoms with Crippen molar-refractivity contribution in [2.45, 2.75) is 45.1 Å². The summed E-state index contributed by atoms with van der Waals surface area (Å²) in [5, 5.41) is 12.9. The largest absolute Gasteiger partial charge is 0.496 e. The van der Waals surface area contributed by atoms with Gasteiger partial charge in [0.2, 0.25) is 0 Å². The predicted octanol–water partition coefficient (Wildman–Crippen LogP) is 2.67. The molecule has 0 radical (unpaired) electrons. The Morgan fingerprint density at radius 3 is 2.90 bits per heavy atom. The van der Waals surface area contributed by atoms with E-state index in [1.54, 1.807) is 13.2 Å². The maximum Gasteiger partial charge on any atom is 0.255 e. The Hall–Kier alpha value is -1.55. The third-order valence-electron chi connectivity index (χ3n) is 4.37. The number of amides is 1. The van der Waals surface area contributed by atoms with Crippen LogP contribution in [0.15, 0.2) is 18.2 Å². The molecular formula is C17H25NO3. The van der Waals surface area contributed by atoms with Crippen molar-refractivity contribution >= 4 is 5.91 Å². The fourth-order valence-electron chi connectivity index (χ4n) is 3.26. The molecule has 1 amide bonds. The molecule has 1 aliphatic carbocycles. The third-order valence-corrected chi connectivity index (χ3v) is 4.37. The van der Waals surface area contributed by atoms with Crippen molar-refractivity contribution in [3.63, 3.8) is 0 Å². The second-order valence-corrected chi connectivity index (χ2v) is 6.30. The number of ether oxygens (including phenoxy) is 1. The van der Waals surface area contributed by atoms with Gasteiger partial charge in [0.25, 0.3) is 5.91 Å². The molecule has 4 heteroatoms. The van der Waals surface area contributed by atoms with E-state index in [9.17, 15) is 9.90 Å². The summed E-state index contributed by atoms with van der Waals surface area (Å²) < 4.78 is 5.27. The Balaban J connectivity index is 2.22. The Kier molecular flexibility index (Phi) is 4.88. The van der Waals surface area contributed by atoms with Crippen molar-refractivity contribution in [1.29, 1.82) is 0 Å². The van der Waals surface area contributed by atoms with Crippen LogP contribution in [0.4, 0.5) is 0 Å². The minimum Gasteiger partial charge on any atom is -0.496 e. The van der Waals surface area contributed by atoms with Gasteiger partial charge in [-0.05, 0) is 37.8 Å². The molecule has 1 aromatic carbocycles. The molecule has 0 bridgehead atoms. The molecule has 21 heavy (non-hydrogen) atoms. The molecule has 1 fully saturated rings. The smallest absolute Gasteiger partial charge is 0.255 e. The van der Waals surface area contributed by atoms with E-state index in [0.29, 0.717) is 17.2 Å². The number of hydrogen-bond donors (Lipinski definition) is 2. The molecule has 0 aromatic heterocycles. The van der Waals surface area contributed by atoms with Gasteiger partial charge < -0.3 is 15.2 Å². The number of carbonyl (C=O) groups excluding carboxylic acids is 1. The molecule has 0 aliphatic heterocycles. The Morgan fingerprint density at radius 1 is 1.52 bits per heavy atom. The van der Waals surface area contributed by atoms with E-state index in [1.807, 2.05) is 19.1 Å². The maximum absolute atomic E-state index is 12.6. The molecule has 1 aromatic rings. The molecule has 1 saturated carbocycles. The predicted molar refractivity (Wildman–Crippen MR) is 82.6 cm³/mol. The zero-order valence-electron chi connectivity index (χ0n) is 13.1. The lowest BCUT2D eigenvalue weighted by molar-refractivity contribution is 0.0694. The van der Waals surface area contributed by atoms with Crippen molar-refractivity contribution < 1.29 is 14.6 Å². The number of carbonyl (C=O) groups is 1. The summed E-state index contributed by atoms with van der Waals surface area (Å²) in [5.41, 5.74) is 1.04. The number of aliphatic hydroxyl groups is 1. The topological polar surface area (TPSA) is 58.6 Å². The van der Waals surface area contributed by atoms with E-state index in [4.69, 9.17) is 4.74 Å². The fourth-order valence-corrected chi connectivity index (χ4v) is 3.26. The SMILES string of the molecule is COc1ccc(C)cc1C(=O)NC1(CO)CCCC(C)C1. The molecule has 0 spiro atoms. The number of benzene rings is 1. The van der Waals surface area contributed by atoms with E-state index in [-0.39, 0.29) is 12.5 Å². The highest BCUT2D eigenvalue weighted by Gasteiger charge is 2.36. The number of nitrogens with one attached hydrogen (secondary N) is 1. The van der Waals surface area contributed by atoms with Crippen LogP contribution in [-0.2, 0) is 0 Å². The van der Waals surface area contributed by atoms with Gasteiger partial charge in [0, 0.05) is 0 Å². The second-order valence-electron chi connectivity index (χ2n) is 6.30. The Bertz CT molecular complexity index is 515. The van der Waals surface area contributed by atoms with Gasteiger partial charge in [-0.3, -0.25) is 4.79 Å². The summed E-state index contributed by atoms with van der Waals surface area (Å²) in [7, 11) is 1.56. The van der Waals surface area contributed by atoms with Gasteiger partial charge in [-0.15, -0.1) is 0 Å². The molecule has 4 nitrogen and oxygen atoms in total. The zero-order chi connectivity index (χ0) is 15.5. The Morgan fingerprint density at radius 2 is 2.29 bits per heavy atom. The van der Waals surface area contributed by atoms with Crippen molar-refractivity contribution in [3.8, 4) is 5.75 Å². The highest BCUT2D eigenvalue weighted by molar-refractivity contribution is 5.97. The van der Waals surface area contributed by atoms with Gasteiger partial charge in [-0.2, -0.15) is 0 Å². The van der Waals surface area contributed by atoms with E-state index < -0.39 is 5.54 Å². The van der Waals surface area contributed by atoms with Crippen LogP contribution >= 0.6 is 0 Å². The first-order valence-electron chi connectivity index (χ1n) is 7.58. The molecule has 2 unspecified atom stereocenters. The monoisotopic (exact) mass is 291 g/mol. The van der Waals surface area contributed by atoms with Crippen LogP contribution < -0.4 is 10.1 Å². The van der Waals surface area contributed by atoms with Crippen LogP contribution in [0.3, 0.4) is 0 Å². The van der Waals surface area contributed by atoms with Gasteiger partial charge in [-0.1, -0.05) is 31.4 Å². The van der Waals surface area contributed by atoms with E-state index >= 15 is 0 Å². The van der Waals surface area contributed by atoms with Crippen LogP contribution in [0.25, 0.3) is 0 Å². The van der Waals surface area contributed by atoms with Crippen LogP contribution in [0, 0.1) is 12.8 Å². The average Bonchev–Trinajstić information content (AvgIpc) is 2.47. The lowest BCUT2D eigenvalue weighted by Gasteiger charge is -2.39. The highest BCUT2D eigenvalue weighted by atomic mass is 16.5. The summed E-state index contributed by atoms with van der Waals surface area (Å²) >= 11 is 0. The van der Waals surface area contributed by atoms with Crippen LogP contribution in [0.1, 0.15) is 48.5 Å². The van der Waals surface area contributed by atoms with Gasteiger partial charge in [-0.25, -0.2) is 0 Å². The first-order valence-corrected chi connectivity index (χ1v) is 7.58. The number of rotatable bonds is 4. The fraction of sp³-hybridized carbons (Fsp3) is 0.588.